The first-order chi connectivity index (χ1) is 15.1. The number of amides is 2. The average molecular weight is 450 g/mol. The van der Waals surface area contributed by atoms with Crippen LogP contribution in [0.25, 0.3) is 9.88 Å². The zero-order valence-electron chi connectivity index (χ0n) is 16.6. The average Bonchev–Trinajstić information content (AvgIpc) is 3.48. The molecule has 156 valence electrons. The van der Waals surface area contributed by atoms with Gasteiger partial charge in [-0.2, -0.15) is 0 Å². The molecule has 0 aliphatic carbocycles. The van der Waals surface area contributed by atoms with E-state index in [1.54, 1.807) is 66.1 Å². The summed E-state index contributed by atoms with van der Waals surface area (Å²) in [6.07, 6.45) is 1.58. The van der Waals surface area contributed by atoms with Crippen LogP contribution in [0.3, 0.4) is 0 Å². The minimum atomic E-state index is -0.231. The van der Waals surface area contributed by atoms with Crippen molar-refractivity contribution in [1.29, 1.82) is 0 Å². The van der Waals surface area contributed by atoms with E-state index in [0.717, 1.165) is 15.6 Å². The molecular weight excluding hydrogens is 430 g/mol. The summed E-state index contributed by atoms with van der Waals surface area (Å²) in [5.41, 5.74) is 1.77. The molecule has 2 amide bonds. The van der Waals surface area contributed by atoms with Gasteiger partial charge in [-0.15, -0.1) is 22.7 Å². The third kappa shape index (κ3) is 5.17. The lowest BCUT2D eigenvalue weighted by atomic mass is 10.2. The van der Waals surface area contributed by atoms with Gasteiger partial charge in [0.1, 0.15) is 15.6 Å². The third-order valence-electron chi connectivity index (χ3n) is 4.29. The number of carbonyl (C=O) groups excluding carboxylic acids is 2. The van der Waals surface area contributed by atoms with Gasteiger partial charge in [0.25, 0.3) is 11.8 Å². The van der Waals surface area contributed by atoms with Crippen molar-refractivity contribution in [2.45, 2.75) is 6.92 Å². The largest absolute Gasteiger partial charge is 0.494 e. The summed E-state index contributed by atoms with van der Waals surface area (Å²) < 4.78 is 5.40. The van der Waals surface area contributed by atoms with Gasteiger partial charge in [-0.25, -0.2) is 4.98 Å². The molecular formula is C23H19N3O3S2. The van der Waals surface area contributed by atoms with Crippen molar-refractivity contribution < 1.29 is 14.3 Å². The van der Waals surface area contributed by atoms with E-state index >= 15 is 0 Å². The number of benzene rings is 2. The zero-order valence-corrected chi connectivity index (χ0v) is 18.3. The molecule has 0 saturated carbocycles. The summed E-state index contributed by atoms with van der Waals surface area (Å²) in [6.45, 7) is 2.51. The highest BCUT2D eigenvalue weighted by Crippen LogP contribution is 2.29. The van der Waals surface area contributed by atoms with Crippen molar-refractivity contribution in [2.24, 2.45) is 0 Å². The number of hydrogen-bond donors (Lipinski definition) is 2. The van der Waals surface area contributed by atoms with Crippen molar-refractivity contribution in [3.63, 3.8) is 0 Å². The Bertz CT molecular complexity index is 1170. The van der Waals surface area contributed by atoms with Crippen molar-refractivity contribution in [2.75, 3.05) is 17.2 Å². The van der Waals surface area contributed by atoms with E-state index in [1.165, 1.54) is 11.3 Å². The van der Waals surface area contributed by atoms with Crippen molar-refractivity contribution in [1.82, 2.24) is 4.98 Å². The van der Waals surface area contributed by atoms with Crippen LogP contribution in [0, 0.1) is 0 Å². The van der Waals surface area contributed by atoms with Gasteiger partial charge in [-0.05, 0) is 66.9 Å². The number of rotatable bonds is 7. The monoisotopic (exact) mass is 449 g/mol. The van der Waals surface area contributed by atoms with Gasteiger partial charge in [0.2, 0.25) is 0 Å². The molecule has 4 rings (SSSR count). The lowest BCUT2D eigenvalue weighted by Crippen LogP contribution is -2.13. The standard InChI is InChI=1S/C23H19N3O3S2/c1-2-29-18-11-9-17(10-12-18)25-21(27)15-5-7-16(8-6-15)26-22(28)20-14-24-23(31-20)19-4-3-13-30-19/h3-14H,2H2,1H3,(H,25,27)(H,26,28). The molecule has 2 aromatic carbocycles. The molecule has 0 unspecified atom stereocenters. The number of ether oxygens (including phenoxy) is 1. The summed E-state index contributed by atoms with van der Waals surface area (Å²) in [4.78, 5) is 30.8. The summed E-state index contributed by atoms with van der Waals surface area (Å²) in [6, 6.07) is 17.9. The smallest absolute Gasteiger partial charge is 0.267 e. The van der Waals surface area contributed by atoms with Crippen LogP contribution in [0.15, 0.2) is 72.2 Å². The van der Waals surface area contributed by atoms with Gasteiger partial charge < -0.3 is 15.4 Å². The number of anilines is 2. The highest BCUT2D eigenvalue weighted by Gasteiger charge is 2.13. The highest BCUT2D eigenvalue weighted by molar-refractivity contribution is 7.22. The second-order valence-corrected chi connectivity index (χ2v) is 8.43. The second kappa shape index (κ2) is 9.55. The Morgan fingerprint density at radius 2 is 1.61 bits per heavy atom. The van der Waals surface area contributed by atoms with Crippen LogP contribution >= 0.6 is 22.7 Å². The van der Waals surface area contributed by atoms with Gasteiger partial charge in [0, 0.05) is 16.9 Å². The molecule has 2 aromatic heterocycles. The van der Waals surface area contributed by atoms with Crippen LogP contribution in [0.5, 0.6) is 5.75 Å². The molecule has 0 aliphatic rings. The van der Waals surface area contributed by atoms with Crippen LogP contribution in [0.1, 0.15) is 27.0 Å². The molecule has 6 nitrogen and oxygen atoms in total. The van der Waals surface area contributed by atoms with E-state index in [9.17, 15) is 9.59 Å². The first-order valence-corrected chi connectivity index (χ1v) is 11.3. The van der Waals surface area contributed by atoms with Crippen LogP contribution in [0.4, 0.5) is 11.4 Å². The summed E-state index contributed by atoms with van der Waals surface area (Å²) in [5.74, 6) is 0.293. The maximum absolute atomic E-state index is 12.5. The van der Waals surface area contributed by atoms with E-state index in [4.69, 9.17) is 4.74 Å². The Balaban J connectivity index is 1.36. The first-order valence-electron chi connectivity index (χ1n) is 9.57. The van der Waals surface area contributed by atoms with Gasteiger partial charge in [-0.3, -0.25) is 9.59 Å². The van der Waals surface area contributed by atoms with E-state index in [0.29, 0.717) is 28.4 Å². The minimum Gasteiger partial charge on any atom is -0.494 e. The van der Waals surface area contributed by atoms with Crippen LogP contribution < -0.4 is 15.4 Å². The molecule has 8 heteroatoms. The molecule has 31 heavy (non-hydrogen) atoms. The number of thiophene rings is 1. The third-order valence-corrected chi connectivity index (χ3v) is 6.32. The van der Waals surface area contributed by atoms with Gasteiger partial charge in [-0.1, -0.05) is 6.07 Å². The Hall–Kier alpha value is -3.49. The first kappa shape index (κ1) is 20.8. The fourth-order valence-corrected chi connectivity index (χ4v) is 4.41. The van der Waals surface area contributed by atoms with E-state index in [1.807, 2.05) is 24.4 Å². The molecule has 2 heterocycles. The van der Waals surface area contributed by atoms with E-state index in [2.05, 4.69) is 15.6 Å². The molecule has 0 fully saturated rings. The molecule has 4 aromatic rings. The van der Waals surface area contributed by atoms with Crippen molar-refractivity contribution in [3.8, 4) is 15.6 Å². The number of thiazole rings is 1. The molecule has 0 atom stereocenters. The summed E-state index contributed by atoms with van der Waals surface area (Å²) in [7, 11) is 0. The van der Waals surface area contributed by atoms with Crippen molar-refractivity contribution in [3.05, 3.63) is 82.7 Å². The van der Waals surface area contributed by atoms with Gasteiger partial charge in [0.15, 0.2) is 0 Å². The Morgan fingerprint density at radius 1 is 0.935 bits per heavy atom. The minimum absolute atomic E-state index is 0.230. The maximum Gasteiger partial charge on any atom is 0.267 e. The lowest BCUT2D eigenvalue weighted by Gasteiger charge is -2.08. The predicted molar refractivity (Wildman–Crippen MR) is 125 cm³/mol. The summed E-state index contributed by atoms with van der Waals surface area (Å²) >= 11 is 2.93. The number of aromatic nitrogens is 1. The maximum atomic E-state index is 12.5. The molecule has 0 spiro atoms. The quantitative estimate of drug-likeness (QED) is 0.375. The van der Waals surface area contributed by atoms with E-state index < -0.39 is 0 Å². The van der Waals surface area contributed by atoms with Crippen LogP contribution in [-0.4, -0.2) is 23.4 Å². The molecule has 2 N–H and O–H groups in total. The fraction of sp³-hybridized carbons (Fsp3) is 0.0870. The number of nitrogens with one attached hydrogen (secondary N) is 2. The topological polar surface area (TPSA) is 80.3 Å². The summed E-state index contributed by atoms with van der Waals surface area (Å²) in [5, 5.41) is 8.48. The zero-order chi connectivity index (χ0) is 21.6. The second-order valence-electron chi connectivity index (χ2n) is 6.45. The molecule has 0 radical (unpaired) electrons. The van der Waals surface area contributed by atoms with Crippen molar-refractivity contribution >= 4 is 45.9 Å². The number of hydrogen-bond acceptors (Lipinski definition) is 6. The number of carbonyl (C=O) groups is 2. The normalized spacial score (nSPS) is 10.5. The SMILES string of the molecule is CCOc1ccc(NC(=O)c2ccc(NC(=O)c3cnc(-c4cccs4)s3)cc2)cc1. The fourth-order valence-electron chi connectivity index (χ4n) is 2.80. The van der Waals surface area contributed by atoms with Gasteiger partial charge in [0.05, 0.1) is 17.7 Å². The van der Waals surface area contributed by atoms with Gasteiger partial charge >= 0.3 is 0 Å². The van der Waals surface area contributed by atoms with E-state index in [-0.39, 0.29) is 11.8 Å². The predicted octanol–water partition coefficient (Wildman–Crippen LogP) is 5.77. The Labute approximate surface area is 187 Å². The van der Waals surface area contributed by atoms with Crippen LogP contribution in [0.2, 0.25) is 0 Å². The van der Waals surface area contributed by atoms with Crippen LogP contribution in [-0.2, 0) is 0 Å². The molecule has 0 aliphatic heterocycles. The highest BCUT2D eigenvalue weighted by atomic mass is 32.1. The molecule has 0 saturated heterocycles. The lowest BCUT2D eigenvalue weighted by molar-refractivity contribution is 0.102. The Kier molecular flexibility index (Phi) is 6.40. The number of nitrogens with zero attached hydrogens (tertiary/aromatic N) is 1. The Morgan fingerprint density at radius 3 is 2.26 bits per heavy atom. The molecule has 0 bridgehead atoms.